The highest BCUT2D eigenvalue weighted by Gasteiger charge is 2.07. The molecule has 0 aliphatic carbocycles. The van der Waals surface area contributed by atoms with Crippen molar-refractivity contribution in [1.82, 2.24) is 4.98 Å². The molecule has 0 spiro atoms. The highest BCUT2D eigenvalue weighted by molar-refractivity contribution is 5.80. The number of aromatic nitrogens is 1. The van der Waals surface area contributed by atoms with Crippen LogP contribution < -0.4 is 5.32 Å². The fraction of sp³-hybridized carbons (Fsp3) is 0.111. The molecule has 0 bridgehead atoms. The van der Waals surface area contributed by atoms with Crippen LogP contribution in [0.15, 0.2) is 60.7 Å². The van der Waals surface area contributed by atoms with Crippen LogP contribution in [-0.2, 0) is 0 Å². The summed E-state index contributed by atoms with van der Waals surface area (Å²) in [5.41, 5.74) is 2.72. The van der Waals surface area contributed by atoms with Gasteiger partial charge in [-0.2, -0.15) is 5.26 Å². The molecule has 1 heterocycles. The Kier molecular flexibility index (Phi) is 3.53. The Labute approximate surface area is 123 Å². The zero-order chi connectivity index (χ0) is 14.7. The van der Waals surface area contributed by atoms with Crippen LogP contribution in [0.3, 0.4) is 0 Å². The number of benzene rings is 2. The van der Waals surface area contributed by atoms with Gasteiger partial charge in [-0.25, -0.2) is 4.98 Å². The van der Waals surface area contributed by atoms with Crippen molar-refractivity contribution in [2.75, 3.05) is 5.32 Å². The predicted octanol–water partition coefficient (Wildman–Crippen LogP) is 4.28. The number of nitriles is 1. The van der Waals surface area contributed by atoms with E-state index in [2.05, 4.69) is 29.4 Å². The van der Waals surface area contributed by atoms with Gasteiger partial charge in [0.1, 0.15) is 5.82 Å². The quantitative estimate of drug-likeness (QED) is 0.774. The SMILES string of the molecule is CC(Nc1ccc2ccccc2n1)c1cccc(C#N)c1. The fourth-order valence-electron chi connectivity index (χ4n) is 2.33. The Bertz CT molecular complexity index is 818. The van der Waals surface area contributed by atoms with Gasteiger partial charge in [0.2, 0.25) is 0 Å². The van der Waals surface area contributed by atoms with Gasteiger partial charge in [0.15, 0.2) is 0 Å². The smallest absolute Gasteiger partial charge is 0.127 e. The van der Waals surface area contributed by atoms with Crippen LogP contribution in [0.1, 0.15) is 24.1 Å². The highest BCUT2D eigenvalue weighted by Crippen LogP contribution is 2.21. The Balaban J connectivity index is 1.85. The summed E-state index contributed by atoms with van der Waals surface area (Å²) in [6, 6.07) is 22.0. The van der Waals surface area contributed by atoms with Gasteiger partial charge in [0, 0.05) is 11.4 Å². The first-order chi connectivity index (χ1) is 10.3. The molecule has 0 saturated carbocycles. The molecule has 1 aromatic heterocycles. The molecular formula is C18H15N3. The number of hydrogen-bond donors (Lipinski definition) is 1. The van der Waals surface area contributed by atoms with E-state index in [-0.39, 0.29) is 6.04 Å². The molecule has 21 heavy (non-hydrogen) atoms. The molecule has 0 saturated heterocycles. The van der Waals surface area contributed by atoms with Gasteiger partial charge in [-0.05, 0) is 42.8 Å². The van der Waals surface area contributed by atoms with Crippen LogP contribution in [-0.4, -0.2) is 4.98 Å². The number of fused-ring (bicyclic) bond motifs is 1. The summed E-state index contributed by atoms with van der Waals surface area (Å²) in [5.74, 6) is 0.837. The second-order valence-electron chi connectivity index (χ2n) is 4.99. The molecule has 1 N–H and O–H groups in total. The Morgan fingerprint density at radius 2 is 1.90 bits per heavy atom. The Morgan fingerprint density at radius 1 is 1.05 bits per heavy atom. The van der Waals surface area contributed by atoms with Crippen LogP contribution in [0.25, 0.3) is 10.9 Å². The van der Waals surface area contributed by atoms with Crippen LogP contribution in [0.4, 0.5) is 5.82 Å². The second-order valence-corrected chi connectivity index (χ2v) is 4.99. The van der Waals surface area contributed by atoms with E-state index in [4.69, 9.17) is 5.26 Å². The van der Waals surface area contributed by atoms with E-state index in [0.29, 0.717) is 5.56 Å². The van der Waals surface area contributed by atoms with Crippen LogP contribution >= 0.6 is 0 Å². The first-order valence-corrected chi connectivity index (χ1v) is 6.88. The summed E-state index contributed by atoms with van der Waals surface area (Å²) in [6.07, 6.45) is 0. The molecule has 0 amide bonds. The van der Waals surface area contributed by atoms with E-state index in [1.807, 2.05) is 54.6 Å². The maximum absolute atomic E-state index is 8.97. The molecule has 0 radical (unpaired) electrons. The molecule has 0 fully saturated rings. The van der Waals surface area contributed by atoms with E-state index >= 15 is 0 Å². The second kappa shape index (κ2) is 5.64. The van der Waals surface area contributed by atoms with Crippen molar-refractivity contribution in [3.63, 3.8) is 0 Å². The van der Waals surface area contributed by atoms with Crippen molar-refractivity contribution in [2.45, 2.75) is 13.0 Å². The molecule has 1 atom stereocenters. The minimum Gasteiger partial charge on any atom is -0.364 e. The highest BCUT2D eigenvalue weighted by atomic mass is 15.0. The monoisotopic (exact) mass is 273 g/mol. The minimum atomic E-state index is 0.0898. The third-order valence-corrected chi connectivity index (χ3v) is 3.48. The van der Waals surface area contributed by atoms with Crippen molar-refractivity contribution in [1.29, 1.82) is 5.26 Å². The number of anilines is 1. The molecule has 3 aromatic rings. The Morgan fingerprint density at radius 3 is 2.76 bits per heavy atom. The van der Waals surface area contributed by atoms with E-state index in [1.54, 1.807) is 0 Å². The maximum atomic E-state index is 8.97. The third kappa shape index (κ3) is 2.85. The molecule has 1 unspecified atom stereocenters. The van der Waals surface area contributed by atoms with Gasteiger partial charge in [0.25, 0.3) is 0 Å². The lowest BCUT2D eigenvalue weighted by molar-refractivity contribution is 0.876. The summed E-state index contributed by atoms with van der Waals surface area (Å²) in [4.78, 5) is 4.61. The van der Waals surface area contributed by atoms with Gasteiger partial charge in [-0.3, -0.25) is 0 Å². The summed E-state index contributed by atoms with van der Waals surface area (Å²) in [5, 5.41) is 13.5. The average molecular weight is 273 g/mol. The summed E-state index contributed by atoms with van der Waals surface area (Å²) >= 11 is 0. The Hall–Kier alpha value is -2.86. The zero-order valence-electron chi connectivity index (χ0n) is 11.7. The van der Waals surface area contributed by atoms with Crippen molar-refractivity contribution < 1.29 is 0 Å². The molecule has 0 aliphatic heterocycles. The van der Waals surface area contributed by atoms with Crippen molar-refractivity contribution >= 4 is 16.7 Å². The van der Waals surface area contributed by atoms with Gasteiger partial charge in [-0.1, -0.05) is 30.3 Å². The lowest BCUT2D eigenvalue weighted by Gasteiger charge is -2.15. The van der Waals surface area contributed by atoms with E-state index in [0.717, 1.165) is 22.3 Å². The summed E-state index contributed by atoms with van der Waals surface area (Å²) in [7, 11) is 0. The number of nitrogens with one attached hydrogen (secondary N) is 1. The summed E-state index contributed by atoms with van der Waals surface area (Å²) in [6.45, 7) is 2.06. The van der Waals surface area contributed by atoms with E-state index < -0.39 is 0 Å². The number of hydrogen-bond acceptors (Lipinski definition) is 3. The van der Waals surface area contributed by atoms with Gasteiger partial charge in [-0.15, -0.1) is 0 Å². The van der Waals surface area contributed by atoms with Crippen molar-refractivity contribution in [2.24, 2.45) is 0 Å². The normalized spacial score (nSPS) is 11.8. The molecular weight excluding hydrogens is 258 g/mol. The fourth-order valence-corrected chi connectivity index (χ4v) is 2.33. The summed E-state index contributed by atoms with van der Waals surface area (Å²) < 4.78 is 0. The minimum absolute atomic E-state index is 0.0898. The number of pyridine rings is 1. The molecule has 102 valence electrons. The first kappa shape index (κ1) is 13.1. The lowest BCUT2D eigenvalue weighted by atomic mass is 10.1. The average Bonchev–Trinajstić information content (AvgIpc) is 2.54. The maximum Gasteiger partial charge on any atom is 0.127 e. The van der Waals surface area contributed by atoms with Gasteiger partial charge in [0.05, 0.1) is 17.1 Å². The lowest BCUT2D eigenvalue weighted by Crippen LogP contribution is -2.08. The van der Waals surface area contributed by atoms with E-state index in [9.17, 15) is 0 Å². The zero-order valence-corrected chi connectivity index (χ0v) is 11.7. The molecule has 3 rings (SSSR count). The van der Waals surface area contributed by atoms with Crippen LogP contribution in [0, 0.1) is 11.3 Å². The van der Waals surface area contributed by atoms with Crippen LogP contribution in [0.5, 0.6) is 0 Å². The largest absolute Gasteiger partial charge is 0.364 e. The third-order valence-electron chi connectivity index (χ3n) is 3.48. The topological polar surface area (TPSA) is 48.7 Å². The first-order valence-electron chi connectivity index (χ1n) is 6.88. The number of nitrogens with zero attached hydrogens (tertiary/aromatic N) is 2. The van der Waals surface area contributed by atoms with Gasteiger partial charge < -0.3 is 5.32 Å². The van der Waals surface area contributed by atoms with Crippen LogP contribution in [0.2, 0.25) is 0 Å². The molecule has 3 heteroatoms. The van der Waals surface area contributed by atoms with Crippen molar-refractivity contribution in [3.05, 3.63) is 71.8 Å². The number of para-hydroxylation sites is 1. The molecule has 0 aliphatic rings. The molecule has 2 aromatic carbocycles. The van der Waals surface area contributed by atoms with E-state index in [1.165, 1.54) is 0 Å². The van der Waals surface area contributed by atoms with Gasteiger partial charge >= 0.3 is 0 Å². The molecule has 3 nitrogen and oxygen atoms in total. The van der Waals surface area contributed by atoms with Crippen molar-refractivity contribution in [3.8, 4) is 6.07 Å². The predicted molar refractivity (Wildman–Crippen MR) is 84.9 cm³/mol. The standard InChI is InChI=1S/C18H15N3/c1-13(16-7-4-5-14(11-16)12-19)20-18-10-9-15-6-2-3-8-17(15)21-18/h2-11,13H,1H3,(H,20,21). The number of rotatable bonds is 3.